The molecule has 4 unspecified atom stereocenters. The fourth-order valence-corrected chi connectivity index (χ4v) is 5.53. The van der Waals surface area contributed by atoms with Crippen LogP contribution in [0.15, 0.2) is 60.7 Å². The van der Waals surface area contributed by atoms with Crippen LogP contribution in [0.3, 0.4) is 0 Å². The Hall–Kier alpha value is -2.62. The number of unbranched alkanes of at least 4 members (excludes halogenated alkanes) is 3. The summed E-state index contributed by atoms with van der Waals surface area (Å²) in [5.41, 5.74) is 2.40. The Morgan fingerprint density at radius 1 is 0.575 bits per heavy atom. The molecule has 0 N–H and O–H groups in total. The molecule has 0 bridgehead atoms. The maximum Gasteiger partial charge on any atom is 0.306 e. The molecular weight excluding hydrogens is 496 g/mol. The predicted molar refractivity (Wildman–Crippen MR) is 165 cm³/mol. The summed E-state index contributed by atoms with van der Waals surface area (Å²) in [5.74, 6) is 0.410. The van der Waals surface area contributed by atoms with Crippen LogP contribution in [-0.4, -0.2) is 24.1 Å². The van der Waals surface area contributed by atoms with Gasteiger partial charge in [-0.15, -0.1) is 0 Å². The van der Waals surface area contributed by atoms with Gasteiger partial charge >= 0.3 is 11.9 Å². The maximum atomic E-state index is 12.9. The summed E-state index contributed by atoms with van der Waals surface area (Å²) in [4.78, 5) is 25.7. The van der Waals surface area contributed by atoms with Gasteiger partial charge < -0.3 is 9.47 Å². The zero-order valence-electron chi connectivity index (χ0n) is 25.6. The number of carbonyl (C=O) groups excluding carboxylic acids is 2. The first-order valence-electron chi connectivity index (χ1n) is 16.0. The quantitative estimate of drug-likeness (QED) is 0.115. The largest absolute Gasteiger partial charge is 0.462 e. The lowest BCUT2D eigenvalue weighted by Crippen LogP contribution is -2.29. The minimum Gasteiger partial charge on any atom is -0.462 e. The van der Waals surface area contributed by atoms with E-state index in [9.17, 15) is 9.59 Å². The zero-order valence-corrected chi connectivity index (χ0v) is 25.6. The maximum absolute atomic E-state index is 12.9. The molecule has 222 valence electrons. The average molecular weight is 551 g/mol. The van der Waals surface area contributed by atoms with Crippen molar-refractivity contribution in [2.75, 3.05) is 0 Å². The Morgan fingerprint density at radius 3 is 1.27 bits per heavy atom. The summed E-state index contributed by atoms with van der Waals surface area (Å²) in [7, 11) is 0. The van der Waals surface area contributed by atoms with Crippen molar-refractivity contribution in [3.8, 4) is 0 Å². The Kier molecular flexibility index (Phi) is 17.0. The van der Waals surface area contributed by atoms with Crippen molar-refractivity contribution < 1.29 is 19.1 Å². The molecule has 0 spiro atoms. The molecule has 0 aliphatic rings. The molecule has 0 amide bonds. The third-order valence-corrected chi connectivity index (χ3v) is 8.09. The van der Waals surface area contributed by atoms with E-state index < -0.39 is 0 Å². The summed E-state index contributed by atoms with van der Waals surface area (Å²) in [6, 6.07) is 20.6. The second-order valence-electron chi connectivity index (χ2n) is 11.3. The van der Waals surface area contributed by atoms with Crippen molar-refractivity contribution in [3.63, 3.8) is 0 Å². The average Bonchev–Trinajstić information content (AvgIpc) is 2.97. The Bertz CT molecular complexity index is 849. The van der Waals surface area contributed by atoms with Crippen molar-refractivity contribution in [2.45, 2.75) is 130 Å². The molecule has 4 nitrogen and oxygen atoms in total. The van der Waals surface area contributed by atoms with Gasteiger partial charge in [-0.1, -0.05) is 114 Å². The van der Waals surface area contributed by atoms with Crippen LogP contribution < -0.4 is 0 Å². The van der Waals surface area contributed by atoms with Crippen LogP contribution in [0.2, 0.25) is 0 Å². The zero-order chi connectivity index (χ0) is 29.0. The lowest BCUT2D eigenvalue weighted by atomic mass is 9.89. The standard InChI is InChI=1S/C36H54O4/c1-5-9-23-31(7-3)33(27-29-19-13-11-14-20-29)39-35(37)25-17-18-26-36(38)40-34(32(8-4)24-10-6-2)28-30-21-15-12-16-22-30/h11-16,19-22,31-34H,5-10,17-18,23-28H2,1-4H3. The van der Waals surface area contributed by atoms with Gasteiger partial charge in [-0.3, -0.25) is 9.59 Å². The van der Waals surface area contributed by atoms with Crippen molar-refractivity contribution in [1.82, 2.24) is 0 Å². The fourth-order valence-electron chi connectivity index (χ4n) is 5.53. The second-order valence-corrected chi connectivity index (χ2v) is 11.3. The molecule has 0 aliphatic carbocycles. The summed E-state index contributed by atoms with van der Waals surface area (Å²) in [5, 5.41) is 0. The van der Waals surface area contributed by atoms with Gasteiger partial charge in [0.25, 0.3) is 0 Å². The molecular formula is C36H54O4. The predicted octanol–water partition coefficient (Wildman–Crippen LogP) is 9.29. The number of esters is 2. The molecule has 2 rings (SSSR count). The van der Waals surface area contributed by atoms with E-state index in [0.29, 0.717) is 37.5 Å². The van der Waals surface area contributed by atoms with Gasteiger partial charge in [0.05, 0.1) is 0 Å². The van der Waals surface area contributed by atoms with Gasteiger partial charge in [-0.25, -0.2) is 0 Å². The molecule has 0 aromatic heterocycles. The first-order chi connectivity index (χ1) is 19.5. The second kappa shape index (κ2) is 20.3. The summed E-state index contributed by atoms with van der Waals surface area (Å²) in [6.45, 7) is 8.78. The molecule has 0 aliphatic heterocycles. The molecule has 2 aromatic rings. The van der Waals surface area contributed by atoms with Gasteiger partial charge in [0, 0.05) is 25.7 Å². The number of hydrogen-bond acceptors (Lipinski definition) is 4. The van der Waals surface area contributed by atoms with Crippen LogP contribution >= 0.6 is 0 Å². The summed E-state index contributed by atoms with van der Waals surface area (Å²) < 4.78 is 12.1. The van der Waals surface area contributed by atoms with E-state index >= 15 is 0 Å². The molecule has 0 radical (unpaired) electrons. The van der Waals surface area contributed by atoms with Crippen molar-refractivity contribution >= 4 is 11.9 Å². The van der Waals surface area contributed by atoms with E-state index in [2.05, 4.69) is 52.0 Å². The van der Waals surface area contributed by atoms with Gasteiger partial charge in [-0.05, 0) is 61.5 Å². The minimum absolute atomic E-state index is 0.107. The van der Waals surface area contributed by atoms with Crippen molar-refractivity contribution in [3.05, 3.63) is 71.8 Å². The fraction of sp³-hybridized carbons (Fsp3) is 0.611. The molecule has 0 saturated carbocycles. The Labute approximate surface area is 244 Å². The third-order valence-electron chi connectivity index (χ3n) is 8.09. The van der Waals surface area contributed by atoms with Crippen LogP contribution in [0.5, 0.6) is 0 Å². The highest BCUT2D eigenvalue weighted by molar-refractivity contribution is 5.71. The van der Waals surface area contributed by atoms with Gasteiger partial charge in [0.1, 0.15) is 12.2 Å². The highest BCUT2D eigenvalue weighted by Crippen LogP contribution is 2.25. The van der Waals surface area contributed by atoms with E-state index in [0.717, 1.165) is 64.2 Å². The van der Waals surface area contributed by atoms with Crippen LogP contribution in [-0.2, 0) is 31.9 Å². The molecule has 40 heavy (non-hydrogen) atoms. The van der Waals surface area contributed by atoms with Crippen LogP contribution in [0.1, 0.15) is 116 Å². The van der Waals surface area contributed by atoms with E-state index in [4.69, 9.17) is 9.47 Å². The molecule has 4 atom stereocenters. The number of hydrogen-bond donors (Lipinski definition) is 0. The number of rotatable bonds is 21. The normalized spacial score (nSPS) is 14.2. The Balaban J connectivity index is 1.87. The van der Waals surface area contributed by atoms with Gasteiger partial charge in [0.15, 0.2) is 0 Å². The Morgan fingerprint density at radius 2 is 0.950 bits per heavy atom. The lowest BCUT2D eigenvalue weighted by Gasteiger charge is -2.27. The van der Waals surface area contributed by atoms with Crippen molar-refractivity contribution in [2.24, 2.45) is 11.8 Å². The highest BCUT2D eigenvalue weighted by Gasteiger charge is 2.25. The van der Waals surface area contributed by atoms with E-state index in [1.54, 1.807) is 0 Å². The minimum atomic E-state index is -0.156. The summed E-state index contributed by atoms with van der Waals surface area (Å²) in [6.07, 6.45) is 11.9. The van der Waals surface area contributed by atoms with Crippen molar-refractivity contribution in [1.29, 1.82) is 0 Å². The van der Waals surface area contributed by atoms with Crippen LogP contribution in [0, 0.1) is 11.8 Å². The first-order valence-corrected chi connectivity index (χ1v) is 16.0. The van der Waals surface area contributed by atoms with Gasteiger partial charge in [0.2, 0.25) is 0 Å². The molecule has 0 heterocycles. The smallest absolute Gasteiger partial charge is 0.306 e. The molecule has 2 aromatic carbocycles. The van der Waals surface area contributed by atoms with Gasteiger partial charge in [-0.2, -0.15) is 0 Å². The number of carbonyl (C=O) groups is 2. The molecule has 0 saturated heterocycles. The SMILES string of the molecule is CCCCC(CC)C(Cc1ccccc1)OC(=O)CCCCC(=O)OC(Cc1ccccc1)C(CC)CCCC. The molecule has 0 fully saturated rings. The number of benzene rings is 2. The van der Waals surface area contributed by atoms with E-state index in [-0.39, 0.29) is 24.1 Å². The third kappa shape index (κ3) is 13.2. The van der Waals surface area contributed by atoms with E-state index in [1.165, 1.54) is 11.1 Å². The lowest BCUT2D eigenvalue weighted by molar-refractivity contribution is -0.154. The summed E-state index contributed by atoms with van der Waals surface area (Å²) >= 11 is 0. The van der Waals surface area contributed by atoms with Crippen LogP contribution in [0.25, 0.3) is 0 Å². The van der Waals surface area contributed by atoms with Crippen LogP contribution in [0.4, 0.5) is 0 Å². The highest BCUT2D eigenvalue weighted by atomic mass is 16.5. The monoisotopic (exact) mass is 550 g/mol. The first kappa shape index (κ1) is 33.6. The number of ether oxygens (including phenoxy) is 2. The topological polar surface area (TPSA) is 52.6 Å². The van der Waals surface area contributed by atoms with E-state index in [1.807, 2.05) is 36.4 Å². The molecule has 4 heteroatoms.